The van der Waals surface area contributed by atoms with Crippen LogP contribution in [0.3, 0.4) is 0 Å². The molecule has 0 rings (SSSR count). The number of amides is 2. The second-order valence-corrected chi connectivity index (χ2v) is 3.50. The van der Waals surface area contributed by atoms with E-state index in [4.69, 9.17) is 0 Å². The lowest BCUT2D eigenvalue weighted by molar-refractivity contribution is -0.128. The van der Waals surface area contributed by atoms with Crippen LogP contribution in [0.4, 0.5) is 0 Å². The molecular weight excluding hydrogens is 168 g/mol. The molecule has 0 aliphatic rings. The zero-order valence-corrected chi connectivity index (χ0v) is 8.68. The first-order chi connectivity index (χ1) is 5.97. The van der Waals surface area contributed by atoms with Crippen LogP contribution in [0.5, 0.6) is 0 Å². The number of likely N-dealkylation sites (N-methyl/N-ethyl adjacent to an activating group) is 1. The van der Waals surface area contributed by atoms with E-state index in [2.05, 4.69) is 10.6 Å². The van der Waals surface area contributed by atoms with Crippen LogP contribution < -0.4 is 10.6 Å². The first-order valence-electron chi connectivity index (χ1n) is 4.46. The summed E-state index contributed by atoms with van der Waals surface area (Å²) < 4.78 is 0. The molecule has 2 amide bonds. The van der Waals surface area contributed by atoms with Crippen LogP contribution >= 0.6 is 0 Å². The van der Waals surface area contributed by atoms with E-state index < -0.39 is 6.04 Å². The Kier molecular flexibility index (Phi) is 5.11. The van der Waals surface area contributed by atoms with E-state index in [1.807, 2.05) is 13.8 Å². The van der Waals surface area contributed by atoms with Gasteiger partial charge in [0, 0.05) is 14.0 Å². The molecule has 0 radical (unpaired) electrons. The van der Waals surface area contributed by atoms with Gasteiger partial charge in [-0.05, 0) is 12.3 Å². The van der Waals surface area contributed by atoms with E-state index in [-0.39, 0.29) is 11.8 Å². The molecule has 2 N–H and O–H groups in total. The summed E-state index contributed by atoms with van der Waals surface area (Å²) in [6, 6.07) is -0.400. The minimum atomic E-state index is -0.400. The van der Waals surface area contributed by atoms with E-state index in [1.54, 1.807) is 7.05 Å². The molecule has 0 aliphatic heterocycles. The van der Waals surface area contributed by atoms with Gasteiger partial charge >= 0.3 is 0 Å². The molecule has 0 aromatic heterocycles. The summed E-state index contributed by atoms with van der Waals surface area (Å²) in [6.07, 6.45) is 0.666. The Morgan fingerprint density at radius 3 is 2.15 bits per heavy atom. The molecule has 4 nitrogen and oxygen atoms in total. The van der Waals surface area contributed by atoms with Gasteiger partial charge in [-0.3, -0.25) is 9.59 Å². The third-order valence-electron chi connectivity index (χ3n) is 1.65. The molecule has 0 aromatic carbocycles. The predicted octanol–water partition coefficient (Wildman–Crippen LogP) is 0.283. The van der Waals surface area contributed by atoms with Gasteiger partial charge in [0.1, 0.15) is 6.04 Å². The van der Waals surface area contributed by atoms with Crippen LogP contribution in [0.1, 0.15) is 27.2 Å². The predicted molar refractivity (Wildman–Crippen MR) is 51.1 cm³/mol. The van der Waals surface area contributed by atoms with Gasteiger partial charge < -0.3 is 10.6 Å². The Bertz CT molecular complexity index is 190. The second kappa shape index (κ2) is 5.56. The lowest BCUT2D eigenvalue weighted by Crippen LogP contribution is -2.45. The minimum absolute atomic E-state index is 0.135. The van der Waals surface area contributed by atoms with E-state index >= 15 is 0 Å². The van der Waals surface area contributed by atoms with Gasteiger partial charge in [-0.25, -0.2) is 0 Å². The normalized spacial score (nSPS) is 12.4. The average Bonchev–Trinajstić information content (AvgIpc) is 2.00. The van der Waals surface area contributed by atoms with Gasteiger partial charge in [0.15, 0.2) is 0 Å². The summed E-state index contributed by atoms with van der Waals surface area (Å²) in [5.74, 6) is 0.0762. The number of rotatable bonds is 4. The van der Waals surface area contributed by atoms with E-state index in [9.17, 15) is 9.59 Å². The SMILES string of the molecule is CNC(=O)[C@@H](CC(C)C)NC(C)=O. The number of carbonyl (C=O) groups excluding carboxylic acids is 2. The lowest BCUT2D eigenvalue weighted by Gasteiger charge is -2.17. The third kappa shape index (κ3) is 5.22. The van der Waals surface area contributed by atoms with Gasteiger partial charge in [-0.15, -0.1) is 0 Å². The van der Waals surface area contributed by atoms with Crippen LogP contribution in [-0.2, 0) is 9.59 Å². The monoisotopic (exact) mass is 186 g/mol. The molecule has 0 bridgehead atoms. The van der Waals surface area contributed by atoms with Gasteiger partial charge in [0.05, 0.1) is 0 Å². The molecule has 0 saturated carbocycles. The van der Waals surface area contributed by atoms with Crippen molar-refractivity contribution in [2.45, 2.75) is 33.2 Å². The zero-order chi connectivity index (χ0) is 10.4. The topological polar surface area (TPSA) is 58.2 Å². The third-order valence-corrected chi connectivity index (χ3v) is 1.65. The molecular formula is C9H18N2O2. The number of carbonyl (C=O) groups is 2. The standard InChI is InChI=1S/C9H18N2O2/c1-6(2)5-8(9(13)10-4)11-7(3)12/h6,8H,5H2,1-4H3,(H,10,13)(H,11,12)/t8-/m1/s1. The lowest BCUT2D eigenvalue weighted by atomic mass is 10.0. The van der Waals surface area contributed by atoms with Crippen molar-refractivity contribution in [1.82, 2.24) is 10.6 Å². The van der Waals surface area contributed by atoms with Crippen LogP contribution in [0.25, 0.3) is 0 Å². The summed E-state index contributed by atoms with van der Waals surface area (Å²) >= 11 is 0. The number of hydrogen-bond acceptors (Lipinski definition) is 2. The van der Waals surface area contributed by atoms with E-state index in [1.165, 1.54) is 6.92 Å². The average molecular weight is 186 g/mol. The molecule has 1 atom stereocenters. The first-order valence-corrected chi connectivity index (χ1v) is 4.46. The maximum atomic E-state index is 11.3. The molecule has 0 heterocycles. The van der Waals surface area contributed by atoms with Crippen LogP contribution in [-0.4, -0.2) is 24.9 Å². The summed E-state index contributed by atoms with van der Waals surface area (Å²) in [5.41, 5.74) is 0. The highest BCUT2D eigenvalue weighted by molar-refractivity contribution is 5.86. The molecule has 0 fully saturated rings. The summed E-state index contributed by atoms with van der Waals surface area (Å²) in [5, 5.41) is 5.13. The van der Waals surface area contributed by atoms with Gasteiger partial charge in [-0.1, -0.05) is 13.8 Å². The largest absolute Gasteiger partial charge is 0.357 e. The van der Waals surface area contributed by atoms with Crippen molar-refractivity contribution < 1.29 is 9.59 Å². The molecule has 13 heavy (non-hydrogen) atoms. The van der Waals surface area contributed by atoms with Crippen molar-refractivity contribution in [1.29, 1.82) is 0 Å². The molecule has 0 aromatic rings. The second-order valence-electron chi connectivity index (χ2n) is 3.50. The van der Waals surface area contributed by atoms with E-state index in [0.29, 0.717) is 12.3 Å². The fourth-order valence-corrected chi connectivity index (χ4v) is 1.12. The minimum Gasteiger partial charge on any atom is -0.357 e. The van der Waals surface area contributed by atoms with Gasteiger partial charge in [-0.2, -0.15) is 0 Å². The Balaban J connectivity index is 4.18. The first kappa shape index (κ1) is 11.9. The highest BCUT2D eigenvalue weighted by Crippen LogP contribution is 2.04. The number of nitrogens with one attached hydrogen (secondary N) is 2. The quantitative estimate of drug-likeness (QED) is 0.662. The summed E-state index contributed by atoms with van der Waals surface area (Å²) in [6.45, 7) is 5.44. The van der Waals surface area contributed by atoms with Crippen molar-refractivity contribution in [3.05, 3.63) is 0 Å². The van der Waals surface area contributed by atoms with Crippen molar-refractivity contribution in [3.63, 3.8) is 0 Å². The Hall–Kier alpha value is -1.06. The summed E-state index contributed by atoms with van der Waals surface area (Å²) in [4.78, 5) is 22.0. The highest BCUT2D eigenvalue weighted by Gasteiger charge is 2.18. The maximum Gasteiger partial charge on any atom is 0.242 e. The van der Waals surface area contributed by atoms with Crippen molar-refractivity contribution in [3.8, 4) is 0 Å². The van der Waals surface area contributed by atoms with Crippen molar-refractivity contribution in [2.75, 3.05) is 7.05 Å². The summed E-state index contributed by atoms with van der Waals surface area (Å²) in [7, 11) is 1.57. The fraction of sp³-hybridized carbons (Fsp3) is 0.778. The smallest absolute Gasteiger partial charge is 0.242 e. The fourth-order valence-electron chi connectivity index (χ4n) is 1.12. The molecule has 0 saturated heterocycles. The Morgan fingerprint density at radius 1 is 1.31 bits per heavy atom. The Morgan fingerprint density at radius 2 is 1.85 bits per heavy atom. The van der Waals surface area contributed by atoms with Crippen molar-refractivity contribution in [2.24, 2.45) is 5.92 Å². The molecule has 0 spiro atoms. The van der Waals surface area contributed by atoms with Gasteiger partial charge in [0.2, 0.25) is 11.8 Å². The number of hydrogen-bond donors (Lipinski definition) is 2. The highest BCUT2D eigenvalue weighted by atomic mass is 16.2. The zero-order valence-electron chi connectivity index (χ0n) is 8.68. The van der Waals surface area contributed by atoms with Gasteiger partial charge in [0.25, 0.3) is 0 Å². The van der Waals surface area contributed by atoms with Crippen LogP contribution in [0.15, 0.2) is 0 Å². The van der Waals surface area contributed by atoms with Crippen molar-refractivity contribution >= 4 is 11.8 Å². The molecule has 0 aliphatic carbocycles. The molecule has 0 unspecified atom stereocenters. The van der Waals surface area contributed by atoms with E-state index in [0.717, 1.165) is 0 Å². The Labute approximate surface area is 79.1 Å². The van der Waals surface area contributed by atoms with Crippen LogP contribution in [0.2, 0.25) is 0 Å². The molecule has 4 heteroatoms. The maximum absolute atomic E-state index is 11.3. The molecule has 76 valence electrons. The van der Waals surface area contributed by atoms with Crippen LogP contribution in [0, 0.1) is 5.92 Å².